The molecule has 1 aromatic carbocycles. The van der Waals surface area contributed by atoms with Crippen molar-refractivity contribution in [3.8, 4) is 0 Å². The third-order valence-electron chi connectivity index (χ3n) is 5.35. The summed E-state index contributed by atoms with van der Waals surface area (Å²) < 4.78 is 0. The van der Waals surface area contributed by atoms with E-state index in [2.05, 4.69) is 29.0 Å². The maximum absolute atomic E-state index is 12.8. The summed E-state index contributed by atoms with van der Waals surface area (Å²) in [6, 6.07) is 12.8. The second-order valence-electron chi connectivity index (χ2n) is 7.29. The number of nitrogens with one attached hydrogen (secondary N) is 1. The topological polar surface area (TPSA) is 65.5 Å². The number of nitrogens with zero attached hydrogens (tertiary/aromatic N) is 3. The van der Waals surface area contributed by atoms with E-state index in [0.29, 0.717) is 11.4 Å². The Bertz CT molecular complexity index is 823. The molecule has 1 aromatic heterocycles. The second kappa shape index (κ2) is 10.0. The van der Waals surface area contributed by atoms with Gasteiger partial charge in [-0.2, -0.15) is 0 Å². The molecule has 0 bridgehead atoms. The molecule has 1 fully saturated rings. The van der Waals surface area contributed by atoms with Gasteiger partial charge < -0.3 is 15.1 Å². The van der Waals surface area contributed by atoms with Crippen molar-refractivity contribution in [1.29, 1.82) is 0 Å². The normalized spacial score (nSPS) is 14.2. The molecule has 1 saturated heterocycles. The summed E-state index contributed by atoms with van der Waals surface area (Å²) in [7, 11) is 0. The number of anilines is 2. The van der Waals surface area contributed by atoms with Gasteiger partial charge in [0, 0.05) is 37.6 Å². The Kier molecular flexibility index (Phi) is 7.22. The first-order chi connectivity index (χ1) is 14.1. The number of rotatable bonds is 6. The van der Waals surface area contributed by atoms with Crippen LogP contribution in [0, 0.1) is 0 Å². The van der Waals surface area contributed by atoms with Gasteiger partial charge in [0.2, 0.25) is 0 Å². The molecule has 0 saturated carbocycles. The summed E-state index contributed by atoms with van der Waals surface area (Å²) in [4.78, 5) is 33.8. The predicted octanol–water partition coefficient (Wildman–Crippen LogP) is 4.20. The van der Waals surface area contributed by atoms with Crippen LogP contribution in [0.15, 0.2) is 42.5 Å². The van der Waals surface area contributed by atoms with Crippen LogP contribution < -0.4 is 10.2 Å². The van der Waals surface area contributed by atoms with Crippen molar-refractivity contribution in [3.05, 3.63) is 53.9 Å². The molecule has 3 rings (SSSR count). The smallest absolute Gasteiger partial charge is 0.274 e. The van der Waals surface area contributed by atoms with Crippen LogP contribution in [0.5, 0.6) is 0 Å². The zero-order valence-corrected chi connectivity index (χ0v) is 17.4. The zero-order chi connectivity index (χ0) is 20.6. The van der Waals surface area contributed by atoms with Gasteiger partial charge in [-0.1, -0.05) is 18.9 Å². The van der Waals surface area contributed by atoms with Gasteiger partial charge in [0.1, 0.15) is 11.4 Å². The Hall–Kier alpha value is -2.89. The fraction of sp³-hybridized carbons (Fsp3) is 0.435. The number of amides is 2. The zero-order valence-electron chi connectivity index (χ0n) is 17.4. The average molecular weight is 395 g/mol. The highest BCUT2D eigenvalue weighted by Crippen LogP contribution is 2.18. The summed E-state index contributed by atoms with van der Waals surface area (Å²) in [5.74, 6) is -0.406. The fourth-order valence-electron chi connectivity index (χ4n) is 3.66. The van der Waals surface area contributed by atoms with E-state index in [-0.39, 0.29) is 17.5 Å². The van der Waals surface area contributed by atoms with Crippen LogP contribution in [0.2, 0.25) is 0 Å². The van der Waals surface area contributed by atoms with Crippen molar-refractivity contribution >= 4 is 23.2 Å². The summed E-state index contributed by atoms with van der Waals surface area (Å²) in [5, 5.41) is 2.87. The molecule has 1 N–H and O–H groups in total. The third kappa shape index (κ3) is 5.34. The minimum atomic E-state index is -0.314. The Morgan fingerprint density at radius 2 is 1.55 bits per heavy atom. The first-order valence-corrected chi connectivity index (χ1v) is 10.5. The van der Waals surface area contributed by atoms with E-state index < -0.39 is 0 Å². The standard InChI is InChI=1S/C23H30N4O2/c1-3-26(4-2)19-14-12-18(13-15-19)24-22(28)20-10-9-11-21(25-20)23(29)27-16-7-5-6-8-17-27/h9-15H,3-8,16-17H2,1-2H3,(H,24,28). The minimum Gasteiger partial charge on any atom is -0.372 e. The molecular weight excluding hydrogens is 364 g/mol. The summed E-state index contributed by atoms with van der Waals surface area (Å²) in [6.07, 6.45) is 4.37. The number of aromatic nitrogens is 1. The molecule has 0 unspecified atom stereocenters. The average Bonchev–Trinajstić information content (AvgIpc) is 3.05. The number of carbonyl (C=O) groups is 2. The van der Waals surface area contributed by atoms with Crippen molar-refractivity contribution in [1.82, 2.24) is 9.88 Å². The lowest BCUT2D eigenvalue weighted by molar-refractivity contribution is 0.0755. The number of hydrogen-bond acceptors (Lipinski definition) is 4. The van der Waals surface area contributed by atoms with Crippen LogP contribution in [0.4, 0.5) is 11.4 Å². The van der Waals surface area contributed by atoms with Crippen molar-refractivity contribution in [2.75, 3.05) is 36.4 Å². The largest absolute Gasteiger partial charge is 0.372 e. The van der Waals surface area contributed by atoms with E-state index in [4.69, 9.17) is 0 Å². The highest BCUT2D eigenvalue weighted by molar-refractivity contribution is 6.03. The summed E-state index contributed by atoms with van der Waals surface area (Å²) >= 11 is 0. The highest BCUT2D eigenvalue weighted by atomic mass is 16.2. The van der Waals surface area contributed by atoms with Crippen LogP contribution in [0.1, 0.15) is 60.5 Å². The molecule has 0 radical (unpaired) electrons. The first kappa shape index (κ1) is 20.8. The Morgan fingerprint density at radius 1 is 0.931 bits per heavy atom. The van der Waals surface area contributed by atoms with Gasteiger partial charge >= 0.3 is 0 Å². The number of pyridine rings is 1. The molecule has 0 atom stereocenters. The van der Waals surface area contributed by atoms with Crippen molar-refractivity contribution in [2.45, 2.75) is 39.5 Å². The minimum absolute atomic E-state index is 0.0925. The Labute approximate surface area is 172 Å². The van der Waals surface area contributed by atoms with E-state index >= 15 is 0 Å². The molecule has 2 aromatic rings. The number of benzene rings is 1. The van der Waals surface area contributed by atoms with Crippen LogP contribution in [0.25, 0.3) is 0 Å². The molecule has 0 aliphatic carbocycles. The quantitative estimate of drug-likeness (QED) is 0.798. The van der Waals surface area contributed by atoms with Crippen LogP contribution in [-0.4, -0.2) is 47.9 Å². The molecule has 6 nitrogen and oxygen atoms in total. The molecule has 2 heterocycles. The lowest BCUT2D eigenvalue weighted by atomic mass is 10.2. The van der Waals surface area contributed by atoms with Crippen LogP contribution in [0.3, 0.4) is 0 Å². The molecule has 2 amide bonds. The maximum Gasteiger partial charge on any atom is 0.274 e. The van der Waals surface area contributed by atoms with Gasteiger partial charge in [-0.05, 0) is 63.1 Å². The maximum atomic E-state index is 12.8. The molecule has 1 aliphatic rings. The number of carbonyl (C=O) groups excluding carboxylic acids is 2. The van der Waals surface area contributed by atoms with Gasteiger partial charge in [-0.25, -0.2) is 4.98 Å². The molecule has 0 spiro atoms. The van der Waals surface area contributed by atoms with Crippen LogP contribution >= 0.6 is 0 Å². The molecule has 154 valence electrons. The van der Waals surface area contributed by atoms with Gasteiger partial charge in [-0.3, -0.25) is 9.59 Å². The Morgan fingerprint density at radius 3 is 2.17 bits per heavy atom. The van der Waals surface area contributed by atoms with Gasteiger partial charge in [0.25, 0.3) is 11.8 Å². The van der Waals surface area contributed by atoms with E-state index in [1.54, 1.807) is 18.2 Å². The monoisotopic (exact) mass is 394 g/mol. The van der Waals surface area contributed by atoms with E-state index in [0.717, 1.165) is 57.5 Å². The van der Waals surface area contributed by atoms with E-state index in [1.165, 1.54) is 0 Å². The second-order valence-corrected chi connectivity index (χ2v) is 7.29. The lowest BCUT2D eigenvalue weighted by Crippen LogP contribution is -2.32. The van der Waals surface area contributed by atoms with E-state index in [1.807, 2.05) is 29.2 Å². The van der Waals surface area contributed by atoms with Crippen molar-refractivity contribution in [3.63, 3.8) is 0 Å². The van der Waals surface area contributed by atoms with Gasteiger partial charge in [0.15, 0.2) is 0 Å². The van der Waals surface area contributed by atoms with E-state index in [9.17, 15) is 9.59 Å². The number of likely N-dealkylation sites (tertiary alicyclic amines) is 1. The molecular formula is C23H30N4O2. The number of hydrogen-bond donors (Lipinski definition) is 1. The van der Waals surface area contributed by atoms with Gasteiger partial charge in [0.05, 0.1) is 0 Å². The summed E-state index contributed by atoms with van der Waals surface area (Å²) in [5.41, 5.74) is 2.41. The molecule has 6 heteroatoms. The van der Waals surface area contributed by atoms with Crippen LogP contribution in [-0.2, 0) is 0 Å². The lowest BCUT2D eigenvalue weighted by Gasteiger charge is -2.21. The van der Waals surface area contributed by atoms with Gasteiger partial charge in [-0.15, -0.1) is 0 Å². The van der Waals surface area contributed by atoms with Crippen molar-refractivity contribution < 1.29 is 9.59 Å². The first-order valence-electron chi connectivity index (χ1n) is 10.5. The SMILES string of the molecule is CCN(CC)c1ccc(NC(=O)c2cccc(C(=O)N3CCCCCC3)n2)cc1. The summed E-state index contributed by atoms with van der Waals surface area (Å²) in [6.45, 7) is 7.62. The predicted molar refractivity (Wildman–Crippen MR) is 117 cm³/mol. The Balaban J connectivity index is 1.68. The fourth-order valence-corrected chi connectivity index (χ4v) is 3.66. The third-order valence-corrected chi connectivity index (χ3v) is 5.35. The molecule has 29 heavy (non-hydrogen) atoms. The molecule has 1 aliphatic heterocycles. The highest BCUT2D eigenvalue weighted by Gasteiger charge is 2.19. The van der Waals surface area contributed by atoms with Crippen molar-refractivity contribution in [2.24, 2.45) is 0 Å².